The van der Waals surface area contributed by atoms with Crippen LogP contribution in [0.3, 0.4) is 0 Å². The molecule has 5 nitrogen and oxygen atoms in total. The number of esters is 1. The summed E-state index contributed by atoms with van der Waals surface area (Å²) in [5, 5.41) is 2.78. The molecule has 1 heterocycles. The van der Waals surface area contributed by atoms with Crippen LogP contribution in [0.5, 0.6) is 0 Å². The molecule has 0 spiro atoms. The molecule has 0 atom stereocenters. The van der Waals surface area contributed by atoms with Crippen LogP contribution in [0.25, 0.3) is 0 Å². The van der Waals surface area contributed by atoms with Crippen molar-refractivity contribution in [3.05, 3.63) is 58.2 Å². The van der Waals surface area contributed by atoms with Gasteiger partial charge in [0, 0.05) is 12.2 Å². The number of hydrogen-bond donors (Lipinski definition) is 2. The Hall–Kier alpha value is -2.63. The Morgan fingerprint density at radius 3 is 2.48 bits per heavy atom. The Kier molecular flexibility index (Phi) is 5.16. The topological polar surface area (TPSA) is 71.2 Å². The third kappa shape index (κ3) is 3.77. The van der Waals surface area contributed by atoms with Crippen LogP contribution in [0.15, 0.2) is 24.3 Å². The highest BCUT2D eigenvalue weighted by molar-refractivity contribution is 6.00. The first kappa shape index (κ1) is 16.7. The van der Waals surface area contributed by atoms with Crippen molar-refractivity contribution in [3.63, 3.8) is 0 Å². The molecule has 0 aliphatic heterocycles. The van der Waals surface area contributed by atoms with Gasteiger partial charge >= 0.3 is 5.97 Å². The maximum atomic E-state index is 12.8. The van der Waals surface area contributed by atoms with E-state index in [0.29, 0.717) is 35.5 Å². The maximum Gasteiger partial charge on any atom is 0.339 e. The Bertz CT molecular complexity index is 720. The fourth-order valence-corrected chi connectivity index (χ4v) is 2.45. The molecule has 0 fully saturated rings. The van der Waals surface area contributed by atoms with Gasteiger partial charge < -0.3 is 15.0 Å². The van der Waals surface area contributed by atoms with Gasteiger partial charge in [0.2, 0.25) is 0 Å². The lowest BCUT2D eigenvalue weighted by Crippen LogP contribution is -2.26. The molecule has 2 N–H and O–H groups in total. The molecule has 2 aromatic rings. The first-order valence-electron chi connectivity index (χ1n) is 7.24. The summed E-state index contributed by atoms with van der Waals surface area (Å²) in [6.07, 6.45) is 0.592. The molecule has 1 aromatic carbocycles. The average Bonchev–Trinajstić information content (AvgIpc) is 2.83. The lowest BCUT2D eigenvalue weighted by molar-refractivity contribution is 0.0599. The number of rotatable bonds is 5. The van der Waals surface area contributed by atoms with Crippen molar-refractivity contribution >= 4 is 11.9 Å². The van der Waals surface area contributed by atoms with Gasteiger partial charge in [-0.3, -0.25) is 4.79 Å². The Morgan fingerprint density at radius 2 is 1.87 bits per heavy atom. The third-order valence-electron chi connectivity index (χ3n) is 3.67. The van der Waals surface area contributed by atoms with Crippen LogP contribution in [0, 0.1) is 19.7 Å². The van der Waals surface area contributed by atoms with Gasteiger partial charge in [0.25, 0.3) is 5.91 Å². The smallest absolute Gasteiger partial charge is 0.339 e. The van der Waals surface area contributed by atoms with Gasteiger partial charge in [-0.2, -0.15) is 0 Å². The van der Waals surface area contributed by atoms with Crippen LogP contribution < -0.4 is 5.32 Å². The van der Waals surface area contributed by atoms with Crippen molar-refractivity contribution in [1.82, 2.24) is 10.3 Å². The zero-order chi connectivity index (χ0) is 17.0. The highest BCUT2D eigenvalue weighted by atomic mass is 19.1. The number of H-pyrrole nitrogens is 1. The monoisotopic (exact) mass is 318 g/mol. The van der Waals surface area contributed by atoms with Crippen molar-refractivity contribution in [2.75, 3.05) is 13.7 Å². The second-order valence-corrected chi connectivity index (χ2v) is 5.25. The van der Waals surface area contributed by atoms with E-state index in [0.717, 1.165) is 5.56 Å². The van der Waals surface area contributed by atoms with E-state index in [1.54, 1.807) is 26.0 Å². The molecule has 122 valence electrons. The zero-order valence-corrected chi connectivity index (χ0v) is 13.3. The number of methoxy groups -OCH3 is 1. The van der Waals surface area contributed by atoms with E-state index in [-0.39, 0.29) is 11.7 Å². The molecule has 0 aliphatic carbocycles. The van der Waals surface area contributed by atoms with Crippen molar-refractivity contribution in [1.29, 1.82) is 0 Å². The number of carbonyl (C=O) groups excluding carboxylic acids is 2. The van der Waals surface area contributed by atoms with E-state index in [1.165, 1.54) is 19.2 Å². The van der Waals surface area contributed by atoms with Gasteiger partial charge in [-0.15, -0.1) is 0 Å². The molecule has 0 bridgehead atoms. The second-order valence-electron chi connectivity index (χ2n) is 5.25. The number of ether oxygens (including phenoxy) is 1. The molecule has 1 aromatic heterocycles. The van der Waals surface area contributed by atoms with Crippen molar-refractivity contribution in [2.24, 2.45) is 0 Å². The summed E-state index contributed by atoms with van der Waals surface area (Å²) in [7, 11) is 1.30. The summed E-state index contributed by atoms with van der Waals surface area (Å²) >= 11 is 0. The molecular weight excluding hydrogens is 299 g/mol. The fourth-order valence-electron chi connectivity index (χ4n) is 2.45. The maximum absolute atomic E-state index is 12.8. The van der Waals surface area contributed by atoms with Crippen molar-refractivity contribution in [2.45, 2.75) is 20.3 Å². The van der Waals surface area contributed by atoms with E-state index in [1.807, 2.05) is 0 Å². The quantitative estimate of drug-likeness (QED) is 0.832. The minimum absolute atomic E-state index is 0.286. The zero-order valence-electron chi connectivity index (χ0n) is 13.3. The number of aromatic amines is 1. The summed E-state index contributed by atoms with van der Waals surface area (Å²) in [5.74, 6) is -1.05. The van der Waals surface area contributed by atoms with Gasteiger partial charge in [0.05, 0.1) is 12.7 Å². The standard InChI is InChI=1S/C17H19FN2O3/c1-10-14(17(22)23-3)11(2)20-15(10)16(21)19-9-8-12-4-6-13(18)7-5-12/h4-7,20H,8-9H2,1-3H3,(H,19,21). The van der Waals surface area contributed by atoms with Crippen LogP contribution in [0.2, 0.25) is 0 Å². The second kappa shape index (κ2) is 7.09. The van der Waals surface area contributed by atoms with Crippen LogP contribution in [-0.2, 0) is 11.2 Å². The molecule has 1 amide bonds. The Balaban J connectivity index is 2.01. The first-order chi connectivity index (χ1) is 10.9. The molecule has 0 radical (unpaired) electrons. The molecule has 0 saturated heterocycles. The predicted octanol–water partition coefficient (Wildman–Crippen LogP) is 2.53. The van der Waals surface area contributed by atoms with Crippen LogP contribution >= 0.6 is 0 Å². The number of aromatic nitrogens is 1. The number of amides is 1. The minimum atomic E-state index is -0.471. The van der Waals surface area contributed by atoms with Gasteiger partial charge in [-0.05, 0) is 43.5 Å². The highest BCUT2D eigenvalue weighted by Gasteiger charge is 2.22. The number of halogens is 1. The van der Waals surface area contributed by atoms with E-state index >= 15 is 0 Å². The number of hydrogen-bond acceptors (Lipinski definition) is 3. The Labute approximate surface area is 133 Å². The third-order valence-corrected chi connectivity index (χ3v) is 3.67. The molecule has 2 rings (SSSR count). The van der Waals surface area contributed by atoms with Crippen LogP contribution in [0.1, 0.15) is 37.7 Å². The van der Waals surface area contributed by atoms with Gasteiger partial charge in [-0.1, -0.05) is 12.1 Å². The number of nitrogens with one attached hydrogen (secondary N) is 2. The molecule has 6 heteroatoms. The number of carbonyl (C=O) groups is 2. The summed E-state index contributed by atoms with van der Waals surface area (Å²) in [6.45, 7) is 3.83. The van der Waals surface area contributed by atoms with Gasteiger partial charge in [0.15, 0.2) is 0 Å². The lowest BCUT2D eigenvalue weighted by atomic mass is 10.1. The predicted molar refractivity (Wildman–Crippen MR) is 84.0 cm³/mol. The largest absolute Gasteiger partial charge is 0.465 e. The van der Waals surface area contributed by atoms with Gasteiger partial charge in [0.1, 0.15) is 11.5 Å². The highest BCUT2D eigenvalue weighted by Crippen LogP contribution is 2.18. The molecule has 23 heavy (non-hydrogen) atoms. The summed E-state index contributed by atoms with van der Waals surface area (Å²) in [6, 6.07) is 6.14. The lowest BCUT2D eigenvalue weighted by Gasteiger charge is -2.05. The minimum Gasteiger partial charge on any atom is -0.465 e. The normalized spacial score (nSPS) is 10.4. The van der Waals surface area contributed by atoms with E-state index < -0.39 is 5.97 Å². The van der Waals surface area contributed by atoms with E-state index in [9.17, 15) is 14.0 Å². The SMILES string of the molecule is COC(=O)c1c(C)[nH]c(C(=O)NCCc2ccc(F)cc2)c1C. The first-order valence-corrected chi connectivity index (χ1v) is 7.24. The van der Waals surface area contributed by atoms with E-state index in [2.05, 4.69) is 10.3 Å². The number of aryl methyl sites for hydroxylation is 1. The number of benzene rings is 1. The van der Waals surface area contributed by atoms with Crippen LogP contribution in [0.4, 0.5) is 4.39 Å². The van der Waals surface area contributed by atoms with E-state index in [4.69, 9.17) is 4.74 Å². The van der Waals surface area contributed by atoms with Crippen molar-refractivity contribution < 1.29 is 18.7 Å². The molecule has 0 saturated carbocycles. The average molecular weight is 318 g/mol. The Morgan fingerprint density at radius 1 is 1.22 bits per heavy atom. The summed E-state index contributed by atoms with van der Waals surface area (Å²) in [5.41, 5.74) is 2.83. The molecule has 0 unspecified atom stereocenters. The summed E-state index contributed by atoms with van der Waals surface area (Å²) < 4.78 is 17.5. The fraction of sp³-hybridized carbons (Fsp3) is 0.294. The van der Waals surface area contributed by atoms with Crippen molar-refractivity contribution in [3.8, 4) is 0 Å². The van der Waals surface area contributed by atoms with Gasteiger partial charge in [-0.25, -0.2) is 9.18 Å². The summed E-state index contributed by atoms with van der Waals surface area (Å²) in [4.78, 5) is 26.9. The van der Waals surface area contributed by atoms with Crippen LogP contribution in [-0.4, -0.2) is 30.5 Å². The molecule has 0 aliphatic rings. The molecular formula is C17H19FN2O3.